The van der Waals surface area contributed by atoms with Crippen molar-refractivity contribution in [2.45, 2.75) is 31.2 Å². The maximum atomic E-state index is 14.1. The maximum absolute atomic E-state index is 14.1. The zero-order valence-corrected chi connectivity index (χ0v) is 19.6. The summed E-state index contributed by atoms with van der Waals surface area (Å²) < 4.78 is 15.9. The number of benzene rings is 2. The molecule has 1 amide bonds. The molecule has 9 heteroatoms. The van der Waals surface area contributed by atoms with Crippen LogP contribution in [0.5, 0.6) is 0 Å². The Balaban J connectivity index is 1.50. The molecule has 164 valence electrons. The first-order chi connectivity index (χ1) is 15.5. The van der Waals surface area contributed by atoms with Gasteiger partial charge >= 0.3 is 0 Å². The average Bonchev–Trinajstić information content (AvgIpc) is 3.40. The molecule has 0 saturated heterocycles. The van der Waals surface area contributed by atoms with E-state index in [-0.39, 0.29) is 11.7 Å². The second-order valence-corrected chi connectivity index (χ2v) is 8.91. The topological polar surface area (TPSA) is 63.9 Å². The smallest absolute Gasteiger partial charge is 0.230 e. The van der Waals surface area contributed by atoms with Crippen LogP contribution in [0.4, 0.5) is 15.2 Å². The van der Waals surface area contributed by atoms with Gasteiger partial charge in [0.05, 0.1) is 16.9 Å². The van der Waals surface area contributed by atoms with Crippen molar-refractivity contribution in [2.24, 2.45) is 7.05 Å². The van der Waals surface area contributed by atoms with Crippen LogP contribution in [-0.4, -0.2) is 25.7 Å². The Morgan fingerprint density at radius 2 is 1.91 bits per heavy atom. The number of rotatable bonds is 7. The highest BCUT2D eigenvalue weighted by atomic mass is 32.2. The van der Waals surface area contributed by atoms with E-state index >= 15 is 0 Å². The van der Waals surface area contributed by atoms with Crippen molar-refractivity contribution in [3.8, 4) is 11.4 Å². The van der Waals surface area contributed by atoms with Crippen molar-refractivity contribution in [3.05, 3.63) is 71.0 Å². The van der Waals surface area contributed by atoms with Gasteiger partial charge in [-0.25, -0.2) is 9.37 Å². The van der Waals surface area contributed by atoms with Gasteiger partial charge in [0.25, 0.3) is 0 Å². The van der Waals surface area contributed by atoms with E-state index in [2.05, 4.69) is 22.1 Å². The number of thioether (sulfide) groups is 1. The average molecular weight is 468 g/mol. The van der Waals surface area contributed by atoms with Crippen molar-refractivity contribution in [1.29, 1.82) is 0 Å². The first-order valence-corrected chi connectivity index (χ1v) is 12.0. The van der Waals surface area contributed by atoms with E-state index in [1.165, 1.54) is 41.7 Å². The Bertz CT molecular complexity index is 1240. The van der Waals surface area contributed by atoms with E-state index in [1.807, 2.05) is 36.7 Å². The van der Waals surface area contributed by atoms with Crippen LogP contribution < -0.4 is 4.90 Å². The summed E-state index contributed by atoms with van der Waals surface area (Å²) in [5.41, 5.74) is 3.26. The van der Waals surface area contributed by atoms with E-state index < -0.39 is 0 Å². The summed E-state index contributed by atoms with van der Waals surface area (Å²) >= 11 is 2.89. The number of amides is 1. The van der Waals surface area contributed by atoms with Crippen molar-refractivity contribution in [3.63, 3.8) is 0 Å². The molecule has 0 aliphatic heterocycles. The van der Waals surface area contributed by atoms with Gasteiger partial charge in [0.1, 0.15) is 5.82 Å². The highest BCUT2D eigenvalue weighted by Crippen LogP contribution is 2.32. The molecule has 0 saturated carbocycles. The molecule has 6 nitrogen and oxygen atoms in total. The largest absolute Gasteiger partial charge is 0.305 e. The Morgan fingerprint density at radius 3 is 2.59 bits per heavy atom. The SMILES string of the molecule is CCc1ccc(N(C(C)=O)c2nc(CSc3nnc(-c4ccccc4F)n3C)cs2)cc1. The number of halogens is 1. The third kappa shape index (κ3) is 4.58. The fourth-order valence-electron chi connectivity index (χ4n) is 3.23. The number of carbonyl (C=O) groups is 1. The second kappa shape index (κ2) is 9.62. The molecule has 0 bridgehead atoms. The van der Waals surface area contributed by atoms with Gasteiger partial charge in [0.15, 0.2) is 16.1 Å². The first kappa shape index (κ1) is 22.2. The number of hydrogen-bond donors (Lipinski definition) is 0. The summed E-state index contributed by atoms with van der Waals surface area (Å²) in [6.45, 7) is 3.63. The molecule has 0 fully saturated rings. The molecule has 4 rings (SSSR count). The second-order valence-electron chi connectivity index (χ2n) is 7.13. The van der Waals surface area contributed by atoms with Crippen LogP contribution in [0.2, 0.25) is 0 Å². The van der Waals surface area contributed by atoms with Crippen LogP contribution in [0, 0.1) is 5.82 Å². The summed E-state index contributed by atoms with van der Waals surface area (Å²) in [4.78, 5) is 18.6. The molecule has 0 aliphatic carbocycles. The number of nitrogens with zero attached hydrogens (tertiary/aromatic N) is 5. The number of aryl methyl sites for hydroxylation is 1. The number of carbonyl (C=O) groups excluding carboxylic acids is 1. The van der Waals surface area contributed by atoms with Crippen molar-refractivity contribution >= 4 is 39.8 Å². The van der Waals surface area contributed by atoms with E-state index in [0.717, 1.165) is 17.8 Å². The zero-order valence-electron chi connectivity index (χ0n) is 17.9. The minimum Gasteiger partial charge on any atom is -0.305 e. The minimum atomic E-state index is -0.333. The molecule has 0 unspecified atom stereocenters. The van der Waals surface area contributed by atoms with Gasteiger partial charge in [0.2, 0.25) is 5.91 Å². The van der Waals surface area contributed by atoms with Crippen molar-refractivity contribution in [1.82, 2.24) is 19.7 Å². The lowest BCUT2D eigenvalue weighted by Gasteiger charge is -2.18. The predicted molar refractivity (Wildman–Crippen MR) is 127 cm³/mol. The van der Waals surface area contributed by atoms with Crippen molar-refractivity contribution < 1.29 is 9.18 Å². The van der Waals surface area contributed by atoms with Crippen LogP contribution in [0.25, 0.3) is 11.4 Å². The highest BCUT2D eigenvalue weighted by molar-refractivity contribution is 7.98. The normalized spacial score (nSPS) is 11.0. The predicted octanol–water partition coefficient (Wildman–Crippen LogP) is 5.62. The lowest BCUT2D eigenvalue weighted by atomic mass is 10.1. The standard InChI is InChI=1S/C23H22FN5OS2/c1-4-16-9-11-18(12-10-16)29(15(2)30)22-25-17(13-31-22)14-32-23-27-26-21(28(23)3)19-7-5-6-8-20(19)24/h5-13H,4,14H2,1-3H3. The Labute approximate surface area is 194 Å². The van der Waals surface area contributed by atoms with Gasteiger partial charge in [-0.3, -0.25) is 9.69 Å². The third-order valence-corrected chi connectivity index (χ3v) is 6.88. The number of hydrogen-bond acceptors (Lipinski definition) is 6. The molecule has 0 spiro atoms. The fraction of sp³-hybridized carbons (Fsp3) is 0.217. The Morgan fingerprint density at radius 1 is 1.16 bits per heavy atom. The zero-order chi connectivity index (χ0) is 22.7. The van der Waals surface area contributed by atoms with Crippen LogP contribution >= 0.6 is 23.1 Å². The van der Waals surface area contributed by atoms with Crippen molar-refractivity contribution in [2.75, 3.05) is 4.90 Å². The maximum Gasteiger partial charge on any atom is 0.230 e. The van der Waals surface area contributed by atoms with Gasteiger partial charge in [0, 0.05) is 25.1 Å². The molecule has 32 heavy (non-hydrogen) atoms. The quantitative estimate of drug-likeness (QED) is 0.330. The summed E-state index contributed by atoms with van der Waals surface area (Å²) in [5, 5.41) is 11.6. The summed E-state index contributed by atoms with van der Waals surface area (Å²) in [5.74, 6) is 0.605. The minimum absolute atomic E-state index is 0.0920. The van der Waals surface area contributed by atoms with E-state index in [4.69, 9.17) is 0 Å². The molecular formula is C23H22FN5OS2. The lowest BCUT2D eigenvalue weighted by molar-refractivity contribution is -0.115. The molecule has 0 radical (unpaired) electrons. The number of anilines is 2. The Kier molecular flexibility index (Phi) is 6.66. The summed E-state index contributed by atoms with van der Waals surface area (Å²) in [6, 6.07) is 14.4. The fourth-order valence-corrected chi connectivity index (χ4v) is 5.02. The van der Waals surface area contributed by atoms with Crippen LogP contribution in [0.15, 0.2) is 59.1 Å². The number of thiazole rings is 1. The third-order valence-electron chi connectivity index (χ3n) is 4.95. The van der Waals surface area contributed by atoms with Crippen LogP contribution in [0.1, 0.15) is 25.1 Å². The van der Waals surface area contributed by atoms with E-state index in [0.29, 0.717) is 27.4 Å². The summed E-state index contributed by atoms with van der Waals surface area (Å²) in [6.07, 6.45) is 0.944. The molecule has 0 atom stereocenters. The Hall–Kier alpha value is -3.04. The van der Waals surface area contributed by atoms with E-state index in [1.54, 1.807) is 27.7 Å². The van der Waals surface area contributed by atoms with Gasteiger partial charge in [-0.1, -0.05) is 43.0 Å². The van der Waals surface area contributed by atoms with Gasteiger partial charge in [-0.15, -0.1) is 21.5 Å². The van der Waals surface area contributed by atoms with E-state index in [9.17, 15) is 9.18 Å². The van der Waals surface area contributed by atoms with Gasteiger partial charge in [-0.05, 0) is 36.2 Å². The molecular weight excluding hydrogens is 445 g/mol. The summed E-state index contributed by atoms with van der Waals surface area (Å²) in [7, 11) is 1.81. The van der Waals surface area contributed by atoms with Crippen LogP contribution in [0.3, 0.4) is 0 Å². The van der Waals surface area contributed by atoms with Gasteiger partial charge in [-0.2, -0.15) is 0 Å². The first-order valence-electron chi connectivity index (χ1n) is 10.1. The molecule has 2 aromatic heterocycles. The monoisotopic (exact) mass is 467 g/mol. The van der Waals surface area contributed by atoms with Crippen LogP contribution in [-0.2, 0) is 24.0 Å². The lowest BCUT2D eigenvalue weighted by Crippen LogP contribution is -2.22. The molecule has 2 heterocycles. The highest BCUT2D eigenvalue weighted by Gasteiger charge is 2.19. The van der Waals surface area contributed by atoms with Gasteiger partial charge < -0.3 is 4.57 Å². The molecule has 0 N–H and O–H groups in total. The molecule has 0 aliphatic rings. The molecule has 4 aromatic rings. The molecule has 2 aromatic carbocycles. The number of aromatic nitrogens is 4.